The first-order valence-electron chi connectivity index (χ1n) is 3.47. The van der Waals surface area contributed by atoms with Gasteiger partial charge in [-0.2, -0.15) is 0 Å². The number of hydrogen-bond donors (Lipinski definition) is 2. The zero-order valence-electron chi connectivity index (χ0n) is 6.56. The fourth-order valence-electron chi connectivity index (χ4n) is 0.523. The fourth-order valence-corrected chi connectivity index (χ4v) is 0.523. The van der Waals surface area contributed by atoms with Crippen molar-refractivity contribution >= 4 is 0 Å². The molecule has 0 aromatic carbocycles. The number of halogens is 2. The van der Waals surface area contributed by atoms with Gasteiger partial charge in [0.1, 0.15) is 0 Å². The number of nitrogens with two attached hydrogens (primary N) is 2. The predicted octanol–water partition coefficient (Wildman–Crippen LogP) is 0.874. The van der Waals surface area contributed by atoms with E-state index in [0.29, 0.717) is 6.54 Å². The van der Waals surface area contributed by atoms with Crippen molar-refractivity contribution in [1.29, 1.82) is 0 Å². The smallest absolute Gasteiger partial charge is 0.253 e. The van der Waals surface area contributed by atoms with E-state index in [2.05, 4.69) is 0 Å². The molecule has 0 amide bonds. The van der Waals surface area contributed by atoms with E-state index in [4.69, 9.17) is 11.5 Å². The quantitative estimate of drug-likeness (QED) is 0.606. The zero-order valence-corrected chi connectivity index (χ0v) is 6.56. The summed E-state index contributed by atoms with van der Waals surface area (Å²) in [6, 6.07) is -1.06. The Morgan fingerprint density at radius 2 is 2.09 bits per heavy atom. The Labute approximate surface area is 65.3 Å². The van der Waals surface area contributed by atoms with Crippen LogP contribution in [-0.4, -0.2) is 19.0 Å². The van der Waals surface area contributed by atoms with Gasteiger partial charge >= 0.3 is 0 Å². The summed E-state index contributed by atoms with van der Waals surface area (Å²) in [6.45, 7) is 2.19. The van der Waals surface area contributed by atoms with Crippen LogP contribution in [0.25, 0.3) is 0 Å². The molecule has 1 atom stereocenters. The first-order chi connectivity index (χ1) is 5.07. The summed E-state index contributed by atoms with van der Waals surface area (Å²) in [4.78, 5) is 0. The third-order valence-electron chi connectivity index (χ3n) is 1.38. The molecule has 0 radical (unpaired) electrons. The lowest BCUT2D eigenvalue weighted by Gasteiger charge is -2.06. The van der Waals surface area contributed by atoms with Crippen molar-refractivity contribution in [3.8, 4) is 0 Å². The second-order valence-corrected chi connectivity index (χ2v) is 2.49. The highest BCUT2D eigenvalue weighted by atomic mass is 19.3. The maximum atomic E-state index is 11.8. The molecule has 0 aromatic heterocycles. The average molecular weight is 164 g/mol. The molecule has 0 rings (SSSR count). The van der Waals surface area contributed by atoms with Gasteiger partial charge in [-0.3, -0.25) is 0 Å². The first-order valence-corrected chi connectivity index (χ1v) is 3.47. The van der Waals surface area contributed by atoms with Gasteiger partial charge in [0.25, 0.3) is 6.43 Å². The van der Waals surface area contributed by atoms with Crippen LogP contribution >= 0.6 is 0 Å². The van der Waals surface area contributed by atoms with Crippen molar-refractivity contribution in [2.45, 2.75) is 25.8 Å². The summed E-state index contributed by atoms with van der Waals surface area (Å²) in [5, 5.41) is 0. The zero-order chi connectivity index (χ0) is 8.85. The molecular weight excluding hydrogens is 150 g/mol. The molecule has 4 heteroatoms. The lowest BCUT2D eigenvalue weighted by Crippen LogP contribution is -2.27. The highest BCUT2D eigenvalue weighted by Gasteiger charge is 2.12. The Kier molecular flexibility index (Phi) is 4.98. The van der Waals surface area contributed by atoms with Gasteiger partial charge in [-0.1, -0.05) is 11.6 Å². The molecule has 1 unspecified atom stereocenters. The molecule has 66 valence electrons. The minimum absolute atomic E-state index is 0.195. The van der Waals surface area contributed by atoms with Gasteiger partial charge in [0.2, 0.25) is 0 Å². The highest BCUT2D eigenvalue weighted by molar-refractivity contribution is 5.00. The van der Waals surface area contributed by atoms with Crippen molar-refractivity contribution in [2.24, 2.45) is 11.5 Å². The Morgan fingerprint density at radius 3 is 2.45 bits per heavy atom. The standard InChI is InChI=1S/C7H14F2N2/c1-5(4-10)2-3-6(11)7(8)9/h2,6-7H,3-4,10-11H2,1H3/b5-2+. The monoisotopic (exact) mass is 164 g/mol. The summed E-state index contributed by atoms with van der Waals surface area (Å²) in [7, 11) is 0. The summed E-state index contributed by atoms with van der Waals surface area (Å²) >= 11 is 0. The van der Waals surface area contributed by atoms with Crippen molar-refractivity contribution in [1.82, 2.24) is 0 Å². The SMILES string of the molecule is C/C(=C\CC(N)C(F)F)CN. The third-order valence-corrected chi connectivity index (χ3v) is 1.38. The molecule has 4 N–H and O–H groups in total. The lowest BCUT2D eigenvalue weighted by molar-refractivity contribution is 0.117. The van der Waals surface area contributed by atoms with Gasteiger partial charge in [-0.05, 0) is 13.3 Å². The summed E-state index contributed by atoms with van der Waals surface area (Å²) in [5.74, 6) is 0. The van der Waals surface area contributed by atoms with Crippen LogP contribution in [0.3, 0.4) is 0 Å². The van der Waals surface area contributed by atoms with Gasteiger partial charge < -0.3 is 11.5 Å². The van der Waals surface area contributed by atoms with Gasteiger partial charge in [0.05, 0.1) is 6.04 Å². The van der Waals surface area contributed by atoms with Crippen molar-refractivity contribution in [3.63, 3.8) is 0 Å². The average Bonchev–Trinajstić information content (AvgIpc) is 1.99. The van der Waals surface area contributed by atoms with E-state index in [0.717, 1.165) is 5.57 Å². The molecule has 0 fully saturated rings. The Morgan fingerprint density at radius 1 is 1.55 bits per heavy atom. The van der Waals surface area contributed by atoms with Crippen LogP contribution < -0.4 is 11.5 Å². The molecular formula is C7H14F2N2. The van der Waals surface area contributed by atoms with Crippen LogP contribution in [0.2, 0.25) is 0 Å². The van der Waals surface area contributed by atoms with Crippen molar-refractivity contribution in [2.75, 3.05) is 6.54 Å². The minimum atomic E-state index is -2.45. The third kappa shape index (κ3) is 4.86. The number of rotatable bonds is 4. The topological polar surface area (TPSA) is 52.0 Å². The van der Waals surface area contributed by atoms with E-state index < -0.39 is 12.5 Å². The van der Waals surface area contributed by atoms with Crippen LogP contribution in [0.1, 0.15) is 13.3 Å². The molecule has 0 aromatic rings. The molecule has 0 heterocycles. The highest BCUT2D eigenvalue weighted by Crippen LogP contribution is 2.04. The van der Waals surface area contributed by atoms with Gasteiger partial charge in [-0.25, -0.2) is 8.78 Å². The number of hydrogen-bond acceptors (Lipinski definition) is 2. The van der Waals surface area contributed by atoms with Crippen LogP contribution in [-0.2, 0) is 0 Å². The summed E-state index contributed by atoms with van der Waals surface area (Å²) in [6.07, 6.45) is -0.603. The first kappa shape index (κ1) is 10.5. The summed E-state index contributed by atoms with van der Waals surface area (Å²) < 4.78 is 23.6. The molecule has 0 aliphatic rings. The van der Waals surface area contributed by atoms with E-state index in [1.54, 1.807) is 13.0 Å². The Hall–Kier alpha value is -0.480. The predicted molar refractivity (Wildman–Crippen MR) is 41.4 cm³/mol. The molecule has 0 aliphatic carbocycles. The largest absolute Gasteiger partial charge is 0.327 e. The van der Waals surface area contributed by atoms with Crippen LogP contribution in [0, 0.1) is 0 Å². The number of alkyl halides is 2. The van der Waals surface area contributed by atoms with Crippen LogP contribution in [0.15, 0.2) is 11.6 Å². The Balaban J connectivity index is 3.68. The fraction of sp³-hybridized carbons (Fsp3) is 0.714. The van der Waals surface area contributed by atoms with Gasteiger partial charge in [0, 0.05) is 6.54 Å². The lowest BCUT2D eigenvalue weighted by atomic mass is 10.1. The molecule has 0 saturated heterocycles. The maximum absolute atomic E-state index is 11.8. The second kappa shape index (κ2) is 5.21. The van der Waals surface area contributed by atoms with Crippen molar-refractivity contribution < 1.29 is 8.78 Å². The molecule has 2 nitrogen and oxygen atoms in total. The van der Waals surface area contributed by atoms with Crippen LogP contribution in [0.5, 0.6) is 0 Å². The van der Waals surface area contributed by atoms with E-state index in [1.807, 2.05) is 0 Å². The molecule has 11 heavy (non-hydrogen) atoms. The van der Waals surface area contributed by atoms with E-state index in [9.17, 15) is 8.78 Å². The minimum Gasteiger partial charge on any atom is -0.327 e. The normalized spacial score (nSPS) is 15.6. The van der Waals surface area contributed by atoms with Crippen molar-refractivity contribution in [3.05, 3.63) is 11.6 Å². The molecule has 0 spiro atoms. The molecule has 0 bridgehead atoms. The maximum Gasteiger partial charge on any atom is 0.253 e. The van der Waals surface area contributed by atoms with E-state index in [-0.39, 0.29) is 6.42 Å². The van der Waals surface area contributed by atoms with E-state index >= 15 is 0 Å². The molecule has 0 aliphatic heterocycles. The van der Waals surface area contributed by atoms with Crippen LogP contribution in [0.4, 0.5) is 8.78 Å². The van der Waals surface area contributed by atoms with Gasteiger partial charge in [-0.15, -0.1) is 0 Å². The Bertz CT molecular complexity index is 134. The van der Waals surface area contributed by atoms with Gasteiger partial charge in [0.15, 0.2) is 0 Å². The summed E-state index contributed by atoms with van der Waals surface area (Å²) in [5.41, 5.74) is 11.2. The van der Waals surface area contributed by atoms with E-state index in [1.165, 1.54) is 0 Å². The molecule has 0 saturated carbocycles. The second-order valence-electron chi connectivity index (χ2n) is 2.49.